The van der Waals surface area contributed by atoms with E-state index in [1.807, 2.05) is 0 Å². The Hall–Kier alpha value is -0.390. The molecule has 1 fully saturated rings. The second-order valence-electron chi connectivity index (χ2n) is 2.74. The molecule has 11 heteroatoms. The first-order valence-corrected chi connectivity index (χ1v) is 6.34. The van der Waals surface area contributed by atoms with Crippen molar-refractivity contribution in [2.45, 2.75) is 18.7 Å². The van der Waals surface area contributed by atoms with Crippen molar-refractivity contribution < 1.29 is 37.8 Å². The molecule has 1 saturated heterocycles. The highest BCUT2D eigenvalue weighted by Crippen LogP contribution is 2.27. The Labute approximate surface area is 83.4 Å². The van der Waals surface area contributed by atoms with Gasteiger partial charge in [0.25, 0.3) is 10.1 Å². The van der Waals surface area contributed by atoms with Crippen molar-refractivity contribution in [3.8, 4) is 0 Å². The summed E-state index contributed by atoms with van der Waals surface area (Å²) in [7, 11) is -9.42. The zero-order chi connectivity index (χ0) is 11.9. The summed E-state index contributed by atoms with van der Waals surface area (Å²) in [6, 6.07) is 0. The number of hydrogen-bond acceptors (Lipinski definition) is 6. The maximum absolute atomic E-state index is 11.8. The highest BCUT2D eigenvalue weighted by molar-refractivity contribution is 7.98. The second kappa shape index (κ2) is 3.57. The minimum absolute atomic E-state index is 1.15. The third kappa shape index (κ3) is 4.32. The van der Waals surface area contributed by atoms with Gasteiger partial charge in [0.15, 0.2) is 0 Å². The Kier molecular flexibility index (Phi) is 3.02. The molecule has 0 aromatic carbocycles. The molecule has 0 saturated carbocycles. The summed E-state index contributed by atoms with van der Waals surface area (Å²) in [4.78, 5) is 0. The van der Waals surface area contributed by atoms with Crippen LogP contribution < -0.4 is 0 Å². The highest BCUT2D eigenvalue weighted by Gasteiger charge is 2.43. The normalized spacial score (nSPS) is 29.9. The fourth-order valence-corrected chi connectivity index (χ4v) is 3.51. The fourth-order valence-electron chi connectivity index (χ4n) is 0.944. The first-order valence-electron chi connectivity index (χ1n) is 3.43. The predicted molar refractivity (Wildman–Crippen MR) is 39.3 cm³/mol. The van der Waals surface area contributed by atoms with Crippen LogP contribution in [0.15, 0.2) is 0 Å². The van der Waals surface area contributed by atoms with Crippen LogP contribution in [0.4, 0.5) is 13.2 Å². The molecule has 0 spiro atoms. The molecule has 0 aromatic heterocycles. The van der Waals surface area contributed by atoms with Crippen LogP contribution in [0.3, 0.4) is 0 Å². The lowest BCUT2D eigenvalue weighted by Gasteiger charge is -2.21. The topological polar surface area (TPSA) is 86.7 Å². The summed E-state index contributed by atoms with van der Waals surface area (Å²) in [5, 5.41) is 0. The molecular weight excluding hydrogens is 265 g/mol. The van der Waals surface area contributed by atoms with Gasteiger partial charge in [-0.25, -0.2) is 4.18 Å². The van der Waals surface area contributed by atoms with Crippen molar-refractivity contribution in [3.05, 3.63) is 0 Å². The summed E-state index contributed by atoms with van der Waals surface area (Å²) in [5.74, 6) is -1.15. The summed E-state index contributed by atoms with van der Waals surface area (Å²) in [6.07, 6.45) is -8.38. The van der Waals surface area contributed by atoms with E-state index < -0.39 is 45.0 Å². The van der Waals surface area contributed by atoms with Gasteiger partial charge in [0, 0.05) is 0 Å². The first kappa shape index (κ1) is 12.7. The van der Waals surface area contributed by atoms with Crippen LogP contribution >= 0.6 is 0 Å². The average molecular weight is 270 g/mol. The highest BCUT2D eigenvalue weighted by atomic mass is 32.3. The Morgan fingerprint density at radius 1 is 1.20 bits per heavy atom. The SMILES string of the molecule is O=S1(=O)CC(CC(F)(F)F)OS(=O)(=O)O1. The van der Waals surface area contributed by atoms with Gasteiger partial charge in [-0.05, 0) is 0 Å². The molecule has 0 aliphatic carbocycles. The van der Waals surface area contributed by atoms with Crippen LogP contribution in [0.1, 0.15) is 6.42 Å². The van der Waals surface area contributed by atoms with Gasteiger partial charge in [0.1, 0.15) is 11.9 Å². The van der Waals surface area contributed by atoms with Gasteiger partial charge in [-0.15, -0.1) is 3.63 Å². The van der Waals surface area contributed by atoms with E-state index >= 15 is 0 Å². The van der Waals surface area contributed by atoms with Crippen molar-refractivity contribution in [1.29, 1.82) is 0 Å². The van der Waals surface area contributed by atoms with Crippen LogP contribution in [-0.2, 0) is 28.3 Å². The molecule has 90 valence electrons. The number of alkyl halides is 3. The van der Waals surface area contributed by atoms with E-state index in [0.717, 1.165) is 0 Å². The van der Waals surface area contributed by atoms with Crippen LogP contribution in [0.5, 0.6) is 0 Å². The zero-order valence-corrected chi connectivity index (χ0v) is 8.52. The van der Waals surface area contributed by atoms with Crippen LogP contribution in [0, 0.1) is 0 Å². The first-order chi connectivity index (χ1) is 6.49. The lowest BCUT2D eigenvalue weighted by atomic mass is 10.3. The summed E-state index contributed by atoms with van der Waals surface area (Å²) >= 11 is 0. The molecule has 0 aromatic rings. The van der Waals surface area contributed by atoms with Gasteiger partial charge >= 0.3 is 16.6 Å². The molecule has 0 radical (unpaired) electrons. The smallest absolute Gasteiger partial charge is 0.243 e. The lowest BCUT2D eigenvalue weighted by Crippen LogP contribution is -2.38. The molecular formula is C4H5F3O6S2. The van der Waals surface area contributed by atoms with E-state index in [9.17, 15) is 30.0 Å². The van der Waals surface area contributed by atoms with Gasteiger partial charge in [0.05, 0.1) is 6.42 Å². The standard InChI is InChI=1S/C4H5F3O6S2/c5-4(6,7)1-3-2-14(8,9)13-15(10,11)12-3/h3H,1-2H2. The lowest BCUT2D eigenvalue weighted by molar-refractivity contribution is -0.148. The monoisotopic (exact) mass is 270 g/mol. The van der Waals surface area contributed by atoms with Crippen molar-refractivity contribution in [3.63, 3.8) is 0 Å². The Bertz CT molecular complexity index is 399. The molecule has 0 amide bonds. The van der Waals surface area contributed by atoms with E-state index in [-0.39, 0.29) is 0 Å². The predicted octanol–water partition coefficient (Wildman–Crippen LogP) is -0.0712. The molecule has 1 aliphatic rings. The number of rotatable bonds is 1. The number of hydrogen-bond donors (Lipinski definition) is 0. The van der Waals surface area contributed by atoms with Crippen molar-refractivity contribution in [2.75, 3.05) is 5.75 Å². The van der Waals surface area contributed by atoms with E-state index in [1.165, 1.54) is 0 Å². The zero-order valence-electron chi connectivity index (χ0n) is 6.89. The molecule has 6 nitrogen and oxygen atoms in total. The average Bonchev–Trinajstić information content (AvgIpc) is 1.70. The maximum Gasteiger partial charge on any atom is 0.414 e. The summed E-state index contributed by atoms with van der Waals surface area (Å²) in [6.45, 7) is 0. The van der Waals surface area contributed by atoms with Gasteiger partial charge < -0.3 is 0 Å². The maximum atomic E-state index is 11.8. The van der Waals surface area contributed by atoms with Crippen LogP contribution in [0.2, 0.25) is 0 Å². The van der Waals surface area contributed by atoms with Crippen molar-refractivity contribution in [2.24, 2.45) is 0 Å². The Morgan fingerprint density at radius 2 is 1.73 bits per heavy atom. The van der Waals surface area contributed by atoms with Gasteiger partial charge in [0.2, 0.25) is 0 Å². The van der Waals surface area contributed by atoms with Gasteiger partial charge in [-0.3, -0.25) is 0 Å². The molecule has 1 heterocycles. The molecule has 1 aliphatic heterocycles. The molecule has 1 atom stereocenters. The minimum Gasteiger partial charge on any atom is -0.243 e. The van der Waals surface area contributed by atoms with E-state index in [0.29, 0.717) is 0 Å². The molecule has 15 heavy (non-hydrogen) atoms. The van der Waals surface area contributed by atoms with E-state index in [2.05, 4.69) is 7.81 Å². The summed E-state index contributed by atoms with van der Waals surface area (Å²) < 4.78 is 85.4. The van der Waals surface area contributed by atoms with Crippen LogP contribution in [-0.4, -0.2) is 34.9 Å². The quantitative estimate of drug-likeness (QED) is 0.662. The summed E-state index contributed by atoms with van der Waals surface area (Å²) in [5.41, 5.74) is 0. The van der Waals surface area contributed by atoms with Crippen LogP contribution in [0.25, 0.3) is 0 Å². The fraction of sp³-hybridized carbons (Fsp3) is 1.00. The third-order valence-electron chi connectivity index (χ3n) is 1.29. The molecule has 1 rings (SSSR count). The third-order valence-corrected chi connectivity index (χ3v) is 4.07. The largest absolute Gasteiger partial charge is 0.414 e. The van der Waals surface area contributed by atoms with Gasteiger partial charge in [-0.2, -0.15) is 30.0 Å². The minimum atomic E-state index is -4.90. The van der Waals surface area contributed by atoms with E-state index in [1.54, 1.807) is 0 Å². The Balaban J connectivity index is 2.86. The second-order valence-corrected chi connectivity index (χ2v) is 5.74. The van der Waals surface area contributed by atoms with Crippen molar-refractivity contribution >= 4 is 20.5 Å². The molecule has 0 bridgehead atoms. The number of halogens is 3. The Morgan fingerprint density at radius 3 is 2.13 bits per heavy atom. The molecule has 1 unspecified atom stereocenters. The van der Waals surface area contributed by atoms with Gasteiger partial charge in [-0.1, -0.05) is 0 Å². The molecule has 0 N–H and O–H groups in total. The van der Waals surface area contributed by atoms with Crippen molar-refractivity contribution in [1.82, 2.24) is 0 Å². The van der Waals surface area contributed by atoms with E-state index in [4.69, 9.17) is 0 Å².